The number of imidazole rings is 1. The smallest absolute Gasteiger partial charge is 0.151 e. The highest BCUT2D eigenvalue weighted by atomic mass is 19.1. The Labute approximate surface area is 134 Å². The Morgan fingerprint density at radius 3 is 3.04 bits per heavy atom. The quantitative estimate of drug-likeness (QED) is 0.805. The molecule has 3 aromatic rings. The zero-order valence-corrected chi connectivity index (χ0v) is 13.0. The van der Waals surface area contributed by atoms with Gasteiger partial charge in [-0.1, -0.05) is 12.5 Å². The number of aromatic nitrogens is 4. The maximum Gasteiger partial charge on any atom is 0.151 e. The fourth-order valence-corrected chi connectivity index (χ4v) is 3.41. The molecule has 0 radical (unpaired) electrons. The molecule has 0 bridgehead atoms. The number of nitrogens with one attached hydrogen (secondary N) is 1. The molecule has 1 N–H and O–H groups in total. The number of halogens is 1. The number of nitrogens with zero attached hydrogens (tertiary/aromatic N) is 4. The molecule has 23 heavy (non-hydrogen) atoms. The van der Waals surface area contributed by atoms with E-state index in [2.05, 4.69) is 20.0 Å². The van der Waals surface area contributed by atoms with Gasteiger partial charge in [-0.15, -0.1) is 0 Å². The van der Waals surface area contributed by atoms with Crippen molar-refractivity contribution < 1.29 is 4.39 Å². The Hall–Kier alpha value is -2.21. The number of aromatic amines is 1. The van der Waals surface area contributed by atoms with Crippen LogP contribution in [0.2, 0.25) is 0 Å². The maximum atomic E-state index is 13.8. The zero-order valence-electron chi connectivity index (χ0n) is 13.0. The van der Waals surface area contributed by atoms with Gasteiger partial charge in [0, 0.05) is 18.4 Å². The molecule has 1 unspecified atom stereocenters. The lowest BCUT2D eigenvalue weighted by atomic mass is 10.0. The maximum absolute atomic E-state index is 13.8. The third-order valence-electron chi connectivity index (χ3n) is 4.57. The molecule has 2 aromatic heterocycles. The SMILES string of the molecule is Fc1cccc2[nH]c(CN3CCCCC3Cn3cccn3)nc12. The molecule has 1 aromatic carbocycles. The molecule has 1 fully saturated rings. The summed E-state index contributed by atoms with van der Waals surface area (Å²) in [7, 11) is 0. The van der Waals surface area contributed by atoms with Crippen LogP contribution in [0.25, 0.3) is 11.0 Å². The number of para-hydroxylation sites is 1. The van der Waals surface area contributed by atoms with E-state index in [4.69, 9.17) is 0 Å². The predicted octanol–water partition coefficient (Wildman–Crippen LogP) is 2.95. The van der Waals surface area contributed by atoms with E-state index in [1.807, 2.05) is 29.2 Å². The van der Waals surface area contributed by atoms with Crippen molar-refractivity contribution in [3.05, 3.63) is 48.3 Å². The molecular weight excluding hydrogens is 293 g/mol. The second-order valence-corrected chi connectivity index (χ2v) is 6.17. The average molecular weight is 313 g/mol. The molecule has 0 amide bonds. The second kappa shape index (κ2) is 6.12. The summed E-state index contributed by atoms with van der Waals surface area (Å²) < 4.78 is 15.8. The third-order valence-corrected chi connectivity index (χ3v) is 4.57. The van der Waals surface area contributed by atoms with Gasteiger partial charge in [0.1, 0.15) is 11.3 Å². The molecular formula is C17H20FN5. The van der Waals surface area contributed by atoms with Gasteiger partial charge < -0.3 is 4.98 Å². The summed E-state index contributed by atoms with van der Waals surface area (Å²) in [5.41, 5.74) is 1.20. The highest BCUT2D eigenvalue weighted by Gasteiger charge is 2.24. The number of likely N-dealkylation sites (tertiary alicyclic amines) is 1. The first-order valence-electron chi connectivity index (χ1n) is 8.14. The van der Waals surface area contributed by atoms with Crippen LogP contribution in [0.4, 0.5) is 4.39 Å². The summed E-state index contributed by atoms with van der Waals surface area (Å²) in [5, 5.41) is 4.32. The Bertz CT molecular complexity index is 779. The summed E-state index contributed by atoms with van der Waals surface area (Å²) in [6, 6.07) is 7.43. The van der Waals surface area contributed by atoms with Crippen LogP contribution in [-0.4, -0.2) is 37.2 Å². The van der Waals surface area contributed by atoms with Crippen molar-refractivity contribution >= 4 is 11.0 Å². The first-order chi connectivity index (χ1) is 11.3. The zero-order chi connectivity index (χ0) is 15.6. The van der Waals surface area contributed by atoms with Crippen LogP contribution in [0.15, 0.2) is 36.7 Å². The van der Waals surface area contributed by atoms with E-state index in [1.54, 1.807) is 6.07 Å². The van der Waals surface area contributed by atoms with Gasteiger partial charge >= 0.3 is 0 Å². The first-order valence-corrected chi connectivity index (χ1v) is 8.14. The third kappa shape index (κ3) is 2.99. The van der Waals surface area contributed by atoms with E-state index < -0.39 is 0 Å². The van der Waals surface area contributed by atoms with Gasteiger partial charge in [0.25, 0.3) is 0 Å². The Balaban J connectivity index is 1.53. The number of rotatable bonds is 4. The number of H-pyrrole nitrogens is 1. The van der Waals surface area contributed by atoms with Gasteiger partial charge in [-0.3, -0.25) is 9.58 Å². The van der Waals surface area contributed by atoms with Crippen molar-refractivity contribution in [2.45, 2.75) is 38.4 Å². The van der Waals surface area contributed by atoms with Crippen LogP contribution in [0.3, 0.4) is 0 Å². The normalized spacial score (nSPS) is 19.4. The fourth-order valence-electron chi connectivity index (χ4n) is 3.41. The molecule has 120 valence electrons. The molecule has 0 aliphatic carbocycles. The van der Waals surface area contributed by atoms with Crippen molar-refractivity contribution in [2.75, 3.05) is 6.54 Å². The number of hydrogen-bond donors (Lipinski definition) is 1. The number of hydrogen-bond acceptors (Lipinski definition) is 3. The van der Waals surface area contributed by atoms with E-state index in [1.165, 1.54) is 18.9 Å². The van der Waals surface area contributed by atoms with Crippen molar-refractivity contribution in [3.63, 3.8) is 0 Å². The number of piperidine rings is 1. The Morgan fingerprint density at radius 2 is 2.22 bits per heavy atom. The van der Waals surface area contributed by atoms with E-state index in [0.717, 1.165) is 37.4 Å². The molecule has 0 saturated carbocycles. The molecule has 4 rings (SSSR count). The molecule has 6 heteroatoms. The van der Waals surface area contributed by atoms with E-state index in [-0.39, 0.29) is 5.82 Å². The lowest BCUT2D eigenvalue weighted by molar-refractivity contribution is 0.119. The van der Waals surface area contributed by atoms with Crippen LogP contribution in [0, 0.1) is 5.82 Å². The van der Waals surface area contributed by atoms with Crippen LogP contribution < -0.4 is 0 Å². The minimum Gasteiger partial charge on any atom is -0.341 e. The largest absolute Gasteiger partial charge is 0.341 e. The summed E-state index contributed by atoms with van der Waals surface area (Å²) in [6.45, 7) is 2.66. The van der Waals surface area contributed by atoms with Gasteiger partial charge in [-0.2, -0.15) is 5.10 Å². The predicted molar refractivity (Wildman–Crippen MR) is 86.3 cm³/mol. The van der Waals surface area contributed by atoms with Crippen molar-refractivity contribution in [1.82, 2.24) is 24.6 Å². The van der Waals surface area contributed by atoms with E-state index in [9.17, 15) is 4.39 Å². The highest BCUT2D eigenvalue weighted by Crippen LogP contribution is 2.22. The Morgan fingerprint density at radius 1 is 1.26 bits per heavy atom. The average Bonchev–Trinajstić information content (AvgIpc) is 3.19. The first kappa shape index (κ1) is 14.4. The van der Waals surface area contributed by atoms with Crippen LogP contribution in [-0.2, 0) is 13.1 Å². The topological polar surface area (TPSA) is 49.7 Å². The minimum atomic E-state index is -0.267. The van der Waals surface area contributed by atoms with Gasteiger partial charge in [0.2, 0.25) is 0 Å². The molecule has 5 nitrogen and oxygen atoms in total. The Kier molecular flexibility index (Phi) is 3.83. The summed E-state index contributed by atoms with van der Waals surface area (Å²) in [6.07, 6.45) is 7.42. The van der Waals surface area contributed by atoms with E-state index >= 15 is 0 Å². The minimum absolute atomic E-state index is 0.267. The van der Waals surface area contributed by atoms with Gasteiger partial charge in [-0.05, 0) is 37.6 Å². The van der Waals surface area contributed by atoms with E-state index in [0.29, 0.717) is 11.6 Å². The summed E-state index contributed by atoms with van der Waals surface area (Å²) in [4.78, 5) is 10.1. The monoisotopic (exact) mass is 313 g/mol. The van der Waals surface area contributed by atoms with Gasteiger partial charge in [0.15, 0.2) is 5.82 Å². The fraction of sp³-hybridized carbons (Fsp3) is 0.412. The van der Waals surface area contributed by atoms with Crippen LogP contribution in [0.5, 0.6) is 0 Å². The van der Waals surface area contributed by atoms with Crippen molar-refractivity contribution in [3.8, 4) is 0 Å². The summed E-state index contributed by atoms with van der Waals surface area (Å²) in [5.74, 6) is 0.564. The van der Waals surface area contributed by atoms with Crippen LogP contribution in [0.1, 0.15) is 25.1 Å². The molecule has 1 aliphatic rings. The second-order valence-electron chi connectivity index (χ2n) is 6.17. The standard InChI is InChI=1S/C17H20FN5/c18-14-6-3-7-15-17(14)21-16(20-15)12-22-9-2-1-5-13(22)11-23-10-4-8-19-23/h3-4,6-8,10,13H,1-2,5,9,11-12H2,(H,20,21). The van der Waals surface area contributed by atoms with Crippen molar-refractivity contribution in [1.29, 1.82) is 0 Å². The molecule has 1 aliphatic heterocycles. The number of fused-ring (bicyclic) bond motifs is 1. The summed E-state index contributed by atoms with van der Waals surface area (Å²) >= 11 is 0. The highest BCUT2D eigenvalue weighted by molar-refractivity contribution is 5.75. The number of benzene rings is 1. The molecule has 3 heterocycles. The lowest BCUT2D eigenvalue weighted by Crippen LogP contribution is -2.41. The van der Waals surface area contributed by atoms with Crippen LogP contribution >= 0.6 is 0 Å². The van der Waals surface area contributed by atoms with Gasteiger partial charge in [0.05, 0.1) is 18.6 Å². The molecule has 0 spiro atoms. The molecule has 1 atom stereocenters. The van der Waals surface area contributed by atoms with Gasteiger partial charge in [-0.25, -0.2) is 9.37 Å². The van der Waals surface area contributed by atoms with Crippen molar-refractivity contribution in [2.24, 2.45) is 0 Å². The lowest BCUT2D eigenvalue weighted by Gasteiger charge is -2.35. The molecule has 1 saturated heterocycles.